The second-order valence-corrected chi connectivity index (χ2v) is 6.52. The Labute approximate surface area is 116 Å². The first kappa shape index (κ1) is 15.5. The van der Waals surface area contributed by atoms with E-state index in [2.05, 4.69) is 45.0 Å². The standard InChI is InChI=1S/C14H26ClN3/c1-7-16-12(8-10(2)14(3,4)5)13-11(15)9-17-18(13)6/h9-10,12,16H,7-8H2,1-6H3. The molecule has 0 radical (unpaired) electrons. The lowest BCUT2D eigenvalue weighted by molar-refractivity contribution is 0.221. The van der Waals surface area contributed by atoms with Crippen LogP contribution in [0, 0.1) is 11.3 Å². The van der Waals surface area contributed by atoms with Crippen LogP contribution in [0.25, 0.3) is 0 Å². The molecule has 0 saturated carbocycles. The number of nitrogens with one attached hydrogen (secondary N) is 1. The lowest BCUT2D eigenvalue weighted by atomic mass is 9.78. The van der Waals surface area contributed by atoms with E-state index >= 15 is 0 Å². The Balaban J connectivity index is 2.90. The second-order valence-electron chi connectivity index (χ2n) is 6.11. The van der Waals surface area contributed by atoms with Gasteiger partial charge in [-0.3, -0.25) is 4.68 Å². The average molecular weight is 272 g/mol. The molecular formula is C14H26ClN3. The predicted octanol–water partition coefficient (Wildman–Crippen LogP) is 3.80. The van der Waals surface area contributed by atoms with Crippen LogP contribution in [0.5, 0.6) is 0 Å². The Morgan fingerprint density at radius 2 is 2.06 bits per heavy atom. The lowest BCUT2D eigenvalue weighted by Crippen LogP contribution is -2.29. The highest BCUT2D eigenvalue weighted by atomic mass is 35.5. The number of rotatable bonds is 5. The van der Waals surface area contributed by atoms with Gasteiger partial charge in [-0.1, -0.05) is 46.2 Å². The first-order valence-electron chi connectivity index (χ1n) is 6.68. The minimum atomic E-state index is 0.268. The van der Waals surface area contributed by atoms with E-state index in [-0.39, 0.29) is 6.04 Å². The SMILES string of the molecule is CCNC(CC(C)C(C)(C)C)c1c(Cl)cnn1C. The van der Waals surface area contributed by atoms with Crippen LogP contribution in [0.4, 0.5) is 0 Å². The normalized spacial score (nSPS) is 15.7. The van der Waals surface area contributed by atoms with Gasteiger partial charge in [0.1, 0.15) is 0 Å². The number of aryl methyl sites for hydroxylation is 1. The molecule has 0 bridgehead atoms. The third kappa shape index (κ3) is 3.72. The fraction of sp³-hybridized carbons (Fsp3) is 0.786. The molecule has 1 aromatic heterocycles. The Morgan fingerprint density at radius 1 is 1.44 bits per heavy atom. The molecule has 0 amide bonds. The van der Waals surface area contributed by atoms with Gasteiger partial charge in [0.15, 0.2) is 0 Å². The summed E-state index contributed by atoms with van der Waals surface area (Å²) in [6.45, 7) is 12.2. The molecule has 0 aromatic carbocycles. The Kier molecular flexibility index (Phi) is 5.23. The van der Waals surface area contributed by atoms with Crippen molar-refractivity contribution < 1.29 is 0 Å². The molecule has 0 saturated heterocycles. The minimum absolute atomic E-state index is 0.268. The molecule has 2 atom stereocenters. The van der Waals surface area contributed by atoms with E-state index in [1.54, 1.807) is 6.20 Å². The fourth-order valence-corrected chi connectivity index (χ4v) is 2.35. The Bertz CT molecular complexity index is 359. The highest BCUT2D eigenvalue weighted by molar-refractivity contribution is 6.31. The number of halogens is 1. The van der Waals surface area contributed by atoms with Gasteiger partial charge in [-0.2, -0.15) is 5.10 Å². The van der Waals surface area contributed by atoms with Crippen molar-refractivity contribution in [1.82, 2.24) is 15.1 Å². The maximum Gasteiger partial charge on any atom is 0.0834 e. The summed E-state index contributed by atoms with van der Waals surface area (Å²) in [6.07, 6.45) is 2.79. The summed E-state index contributed by atoms with van der Waals surface area (Å²) in [7, 11) is 1.95. The molecule has 1 rings (SSSR count). The van der Waals surface area contributed by atoms with E-state index in [1.807, 2.05) is 11.7 Å². The number of nitrogens with zero attached hydrogens (tertiary/aromatic N) is 2. The van der Waals surface area contributed by atoms with Gasteiger partial charge in [-0.05, 0) is 24.3 Å². The zero-order valence-electron chi connectivity index (χ0n) is 12.4. The largest absolute Gasteiger partial charge is 0.309 e. The molecule has 1 aromatic rings. The summed E-state index contributed by atoms with van der Waals surface area (Å²) in [5.74, 6) is 0.604. The highest BCUT2D eigenvalue weighted by Crippen LogP contribution is 2.34. The fourth-order valence-electron chi connectivity index (χ4n) is 2.06. The van der Waals surface area contributed by atoms with Crippen LogP contribution in [0.15, 0.2) is 6.20 Å². The molecule has 0 fully saturated rings. The van der Waals surface area contributed by atoms with Crippen molar-refractivity contribution >= 4 is 11.6 Å². The molecule has 0 aliphatic rings. The van der Waals surface area contributed by atoms with Gasteiger partial charge in [0.2, 0.25) is 0 Å². The Morgan fingerprint density at radius 3 is 2.44 bits per heavy atom. The summed E-state index contributed by atoms with van der Waals surface area (Å²) in [4.78, 5) is 0. The van der Waals surface area contributed by atoms with Crippen molar-refractivity contribution in [2.45, 2.75) is 47.1 Å². The van der Waals surface area contributed by atoms with Crippen LogP contribution >= 0.6 is 11.6 Å². The number of hydrogen-bond acceptors (Lipinski definition) is 2. The first-order valence-corrected chi connectivity index (χ1v) is 7.06. The monoisotopic (exact) mass is 271 g/mol. The summed E-state index contributed by atoms with van der Waals surface area (Å²) in [5.41, 5.74) is 1.40. The summed E-state index contributed by atoms with van der Waals surface area (Å²) in [5, 5.41) is 8.51. The highest BCUT2D eigenvalue weighted by Gasteiger charge is 2.26. The average Bonchev–Trinajstić information content (AvgIpc) is 2.56. The van der Waals surface area contributed by atoms with E-state index in [4.69, 9.17) is 11.6 Å². The zero-order valence-corrected chi connectivity index (χ0v) is 13.2. The van der Waals surface area contributed by atoms with Gasteiger partial charge in [0.05, 0.1) is 23.0 Å². The van der Waals surface area contributed by atoms with Crippen LogP contribution in [0.3, 0.4) is 0 Å². The zero-order chi connectivity index (χ0) is 13.9. The van der Waals surface area contributed by atoms with Gasteiger partial charge < -0.3 is 5.32 Å². The molecule has 1 heterocycles. The lowest BCUT2D eigenvalue weighted by Gasteiger charge is -2.31. The molecule has 0 spiro atoms. The molecule has 104 valence electrons. The molecule has 3 nitrogen and oxygen atoms in total. The minimum Gasteiger partial charge on any atom is -0.309 e. The van der Waals surface area contributed by atoms with Gasteiger partial charge in [-0.25, -0.2) is 0 Å². The summed E-state index contributed by atoms with van der Waals surface area (Å²) in [6, 6.07) is 0.268. The number of aromatic nitrogens is 2. The summed E-state index contributed by atoms with van der Waals surface area (Å²) >= 11 is 6.25. The molecule has 0 aliphatic carbocycles. The smallest absolute Gasteiger partial charge is 0.0834 e. The van der Waals surface area contributed by atoms with Crippen LogP contribution in [0.2, 0.25) is 5.02 Å². The molecular weight excluding hydrogens is 246 g/mol. The maximum atomic E-state index is 6.25. The second kappa shape index (κ2) is 6.07. The van der Waals surface area contributed by atoms with Crippen LogP contribution in [-0.2, 0) is 7.05 Å². The van der Waals surface area contributed by atoms with Crippen molar-refractivity contribution in [3.63, 3.8) is 0 Å². The van der Waals surface area contributed by atoms with Gasteiger partial charge in [0, 0.05) is 7.05 Å². The van der Waals surface area contributed by atoms with Gasteiger partial charge in [-0.15, -0.1) is 0 Å². The third-order valence-corrected chi connectivity index (χ3v) is 4.08. The maximum absolute atomic E-state index is 6.25. The molecule has 4 heteroatoms. The van der Waals surface area contributed by atoms with E-state index in [1.165, 1.54) is 0 Å². The number of hydrogen-bond donors (Lipinski definition) is 1. The molecule has 1 N–H and O–H groups in total. The van der Waals surface area contributed by atoms with Crippen LogP contribution in [0.1, 0.15) is 52.8 Å². The topological polar surface area (TPSA) is 29.9 Å². The van der Waals surface area contributed by atoms with E-state index < -0.39 is 0 Å². The van der Waals surface area contributed by atoms with Gasteiger partial charge in [0.25, 0.3) is 0 Å². The van der Waals surface area contributed by atoms with Gasteiger partial charge >= 0.3 is 0 Å². The third-order valence-electron chi connectivity index (χ3n) is 3.79. The van der Waals surface area contributed by atoms with Crippen molar-refractivity contribution in [2.24, 2.45) is 18.4 Å². The predicted molar refractivity (Wildman–Crippen MR) is 77.9 cm³/mol. The quantitative estimate of drug-likeness (QED) is 0.883. The van der Waals surface area contributed by atoms with E-state index in [0.29, 0.717) is 11.3 Å². The molecule has 0 aliphatic heterocycles. The van der Waals surface area contributed by atoms with E-state index in [9.17, 15) is 0 Å². The molecule has 2 unspecified atom stereocenters. The summed E-state index contributed by atoms with van der Waals surface area (Å²) < 4.78 is 1.88. The molecule has 18 heavy (non-hydrogen) atoms. The van der Waals surface area contributed by atoms with Crippen LogP contribution < -0.4 is 5.32 Å². The van der Waals surface area contributed by atoms with Crippen molar-refractivity contribution in [3.05, 3.63) is 16.9 Å². The van der Waals surface area contributed by atoms with Crippen LogP contribution in [-0.4, -0.2) is 16.3 Å². The Hall–Kier alpha value is -0.540. The van der Waals surface area contributed by atoms with Crippen molar-refractivity contribution in [3.8, 4) is 0 Å². The van der Waals surface area contributed by atoms with Crippen molar-refractivity contribution in [2.75, 3.05) is 6.54 Å². The van der Waals surface area contributed by atoms with E-state index in [0.717, 1.165) is 23.7 Å². The first-order chi connectivity index (χ1) is 8.27. The van der Waals surface area contributed by atoms with Crippen molar-refractivity contribution in [1.29, 1.82) is 0 Å².